The summed E-state index contributed by atoms with van der Waals surface area (Å²) in [6, 6.07) is 4.11. The van der Waals surface area contributed by atoms with Crippen LogP contribution >= 0.6 is 11.6 Å². The summed E-state index contributed by atoms with van der Waals surface area (Å²) in [4.78, 5) is 11.0. The van der Waals surface area contributed by atoms with Gasteiger partial charge in [0.15, 0.2) is 0 Å². The smallest absolute Gasteiger partial charge is 0.337 e. The highest BCUT2D eigenvalue weighted by molar-refractivity contribution is 7.93. The van der Waals surface area contributed by atoms with E-state index in [1.54, 1.807) is 0 Å². The Hall–Kier alpha value is -1.27. The van der Waals surface area contributed by atoms with Crippen LogP contribution in [0.15, 0.2) is 18.2 Å². The minimum absolute atomic E-state index is 0.0403. The molecule has 1 aliphatic rings. The number of aromatic carboxylic acids is 1. The summed E-state index contributed by atoms with van der Waals surface area (Å²) in [5.74, 6) is -1.13. The molecule has 1 heterocycles. The molecule has 1 aliphatic heterocycles. The molecule has 1 N–H and O–H groups in total. The number of halogens is 1. The lowest BCUT2D eigenvalue weighted by molar-refractivity contribution is 0.0698. The molecular formula is C10H10ClNO4S. The molecule has 5 nitrogen and oxygen atoms in total. The molecule has 0 spiro atoms. The molecule has 0 bridgehead atoms. The van der Waals surface area contributed by atoms with Crippen LogP contribution in [0.3, 0.4) is 0 Å². The second-order valence-electron chi connectivity index (χ2n) is 3.71. The second kappa shape index (κ2) is 4.19. The topological polar surface area (TPSA) is 74.7 Å². The van der Waals surface area contributed by atoms with Gasteiger partial charge in [-0.3, -0.25) is 4.31 Å². The van der Waals surface area contributed by atoms with Gasteiger partial charge in [0.05, 0.1) is 17.0 Å². The van der Waals surface area contributed by atoms with E-state index < -0.39 is 16.0 Å². The monoisotopic (exact) mass is 275 g/mol. The van der Waals surface area contributed by atoms with Gasteiger partial charge in [-0.25, -0.2) is 13.2 Å². The number of carbonyl (C=O) groups is 1. The number of carboxylic acid groups (broad SMARTS) is 1. The summed E-state index contributed by atoms with van der Waals surface area (Å²) in [5, 5.41) is 9.33. The van der Waals surface area contributed by atoms with Gasteiger partial charge in [-0.15, -0.1) is 0 Å². The van der Waals surface area contributed by atoms with Gasteiger partial charge < -0.3 is 5.11 Å². The van der Waals surface area contributed by atoms with E-state index in [0.29, 0.717) is 18.0 Å². The van der Waals surface area contributed by atoms with E-state index in [-0.39, 0.29) is 17.0 Å². The lowest BCUT2D eigenvalue weighted by Gasteiger charge is -2.19. The van der Waals surface area contributed by atoms with Gasteiger partial charge in [0.2, 0.25) is 10.0 Å². The van der Waals surface area contributed by atoms with Crippen molar-refractivity contribution in [1.82, 2.24) is 0 Å². The third-order valence-corrected chi connectivity index (χ3v) is 4.65. The molecule has 1 fully saturated rings. The Kier molecular flexibility index (Phi) is 3.01. The Labute approximate surface area is 104 Å². The van der Waals surface area contributed by atoms with Crippen LogP contribution in [0.1, 0.15) is 16.8 Å². The van der Waals surface area contributed by atoms with Crippen molar-refractivity contribution >= 4 is 33.3 Å². The standard InChI is InChI=1S/C10H10ClNO4S/c11-7-2-3-8(10(13)14)9(6-7)12-4-1-5-17(12,15)16/h2-3,6H,1,4-5H2,(H,13,14). The highest BCUT2D eigenvalue weighted by Crippen LogP contribution is 2.30. The molecule has 17 heavy (non-hydrogen) atoms. The summed E-state index contributed by atoms with van der Waals surface area (Å²) in [6.45, 7) is 0.295. The van der Waals surface area contributed by atoms with Crippen molar-refractivity contribution in [3.05, 3.63) is 28.8 Å². The summed E-state index contributed by atoms with van der Waals surface area (Å²) < 4.78 is 24.6. The number of rotatable bonds is 2. The van der Waals surface area contributed by atoms with Crippen LogP contribution in [0.25, 0.3) is 0 Å². The first kappa shape index (κ1) is 12.2. The number of benzene rings is 1. The van der Waals surface area contributed by atoms with E-state index >= 15 is 0 Å². The minimum Gasteiger partial charge on any atom is -0.478 e. The van der Waals surface area contributed by atoms with Gasteiger partial charge in [0.25, 0.3) is 0 Å². The van der Waals surface area contributed by atoms with Crippen LogP contribution in [0.5, 0.6) is 0 Å². The number of hydrogen-bond donors (Lipinski definition) is 1. The molecule has 7 heteroatoms. The first-order valence-electron chi connectivity index (χ1n) is 4.95. The molecule has 2 rings (SSSR count). The molecule has 1 aromatic carbocycles. The largest absolute Gasteiger partial charge is 0.478 e. The molecule has 0 amide bonds. The fraction of sp³-hybridized carbons (Fsp3) is 0.300. The van der Waals surface area contributed by atoms with E-state index in [4.69, 9.17) is 16.7 Å². The lowest BCUT2D eigenvalue weighted by atomic mass is 10.2. The van der Waals surface area contributed by atoms with Gasteiger partial charge in [-0.2, -0.15) is 0 Å². The van der Waals surface area contributed by atoms with Gasteiger partial charge in [0, 0.05) is 11.6 Å². The molecular weight excluding hydrogens is 266 g/mol. The summed E-state index contributed by atoms with van der Waals surface area (Å²) in [5.41, 5.74) is 0.0855. The van der Waals surface area contributed by atoms with Crippen molar-refractivity contribution in [3.8, 4) is 0 Å². The maximum absolute atomic E-state index is 11.7. The number of sulfonamides is 1. The number of hydrogen-bond acceptors (Lipinski definition) is 3. The fourth-order valence-electron chi connectivity index (χ4n) is 1.80. The Morgan fingerprint density at radius 3 is 2.65 bits per heavy atom. The van der Waals surface area contributed by atoms with Crippen molar-refractivity contribution in [2.24, 2.45) is 0 Å². The van der Waals surface area contributed by atoms with E-state index in [9.17, 15) is 13.2 Å². The zero-order chi connectivity index (χ0) is 12.6. The predicted octanol–water partition coefficient (Wildman–Crippen LogP) is 1.58. The summed E-state index contributed by atoms with van der Waals surface area (Å²) in [7, 11) is -3.40. The molecule has 0 unspecified atom stereocenters. The fourth-order valence-corrected chi connectivity index (χ4v) is 3.54. The maximum Gasteiger partial charge on any atom is 0.337 e. The van der Waals surface area contributed by atoms with Gasteiger partial charge in [-0.1, -0.05) is 11.6 Å². The third kappa shape index (κ3) is 2.23. The van der Waals surface area contributed by atoms with Crippen molar-refractivity contribution < 1.29 is 18.3 Å². The molecule has 0 saturated carbocycles. The second-order valence-corrected chi connectivity index (χ2v) is 6.16. The van der Waals surface area contributed by atoms with Crippen molar-refractivity contribution in [3.63, 3.8) is 0 Å². The average molecular weight is 276 g/mol. The number of nitrogens with zero attached hydrogens (tertiary/aromatic N) is 1. The number of carboxylic acids is 1. The van der Waals surface area contributed by atoms with E-state index in [2.05, 4.69) is 0 Å². The molecule has 0 aliphatic carbocycles. The maximum atomic E-state index is 11.7. The molecule has 0 aromatic heterocycles. The quantitative estimate of drug-likeness (QED) is 0.889. The summed E-state index contributed by atoms with van der Waals surface area (Å²) in [6.07, 6.45) is 0.494. The lowest BCUT2D eigenvalue weighted by Crippen LogP contribution is -2.26. The first-order valence-corrected chi connectivity index (χ1v) is 6.94. The Morgan fingerprint density at radius 1 is 1.41 bits per heavy atom. The zero-order valence-electron chi connectivity index (χ0n) is 8.76. The Bertz CT molecular complexity index is 570. The van der Waals surface area contributed by atoms with Crippen molar-refractivity contribution in [2.45, 2.75) is 6.42 Å². The van der Waals surface area contributed by atoms with Gasteiger partial charge >= 0.3 is 5.97 Å². The van der Waals surface area contributed by atoms with Gasteiger partial charge in [-0.05, 0) is 24.6 Å². The molecule has 92 valence electrons. The summed E-state index contributed by atoms with van der Waals surface area (Å²) >= 11 is 5.78. The zero-order valence-corrected chi connectivity index (χ0v) is 10.3. The molecule has 1 saturated heterocycles. The normalized spacial score (nSPS) is 18.3. The number of anilines is 1. The van der Waals surface area contributed by atoms with Crippen LogP contribution < -0.4 is 4.31 Å². The minimum atomic E-state index is -3.40. The third-order valence-electron chi connectivity index (χ3n) is 2.56. The van der Waals surface area contributed by atoms with Crippen LogP contribution in [-0.2, 0) is 10.0 Å². The SMILES string of the molecule is O=C(O)c1ccc(Cl)cc1N1CCCS1(=O)=O. The van der Waals surface area contributed by atoms with Gasteiger partial charge in [0.1, 0.15) is 0 Å². The van der Waals surface area contributed by atoms with Crippen LogP contribution in [0.4, 0.5) is 5.69 Å². The highest BCUT2D eigenvalue weighted by Gasteiger charge is 2.31. The van der Waals surface area contributed by atoms with E-state index in [1.165, 1.54) is 18.2 Å². The highest BCUT2D eigenvalue weighted by atomic mass is 35.5. The Morgan fingerprint density at radius 2 is 2.12 bits per heavy atom. The van der Waals surface area contributed by atoms with Crippen LogP contribution in [0, 0.1) is 0 Å². The molecule has 0 radical (unpaired) electrons. The van der Waals surface area contributed by atoms with Crippen LogP contribution in [0.2, 0.25) is 5.02 Å². The van der Waals surface area contributed by atoms with Crippen molar-refractivity contribution in [2.75, 3.05) is 16.6 Å². The van der Waals surface area contributed by atoms with Crippen LogP contribution in [-0.4, -0.2) is 31.8 Å². The van der Waals surface area contributed by atoms with E-state index in [1.807, 2.05) is 0 Å². The first-order chi connectivity index (χ1) is 7.92. The molecule has 1 aromatic rings. The van der Waals surface area contributed by atoms with Crippen molar-refractivity contribution in [1.29, 1.82) is 0 Å². The average Bonchev–Trinajstić information content (AvgIpc) is 2.57. The predicted molar refractivity (Wildman–Crippen MR) is 64.2 cm³/mol. The molecule has 0 atom stereocenters. The van der Waals surface area contributed by atoms with E-state index in [0.717, 1.165) is 4.31 Å². The Balaban J connectivity index is 2.58.